The first-order valence-electron chi connectivity index (χ1n) is 6.01. The molecule has 1 atom stereocenters. The van der Waals surface area contributed by atoms with Gasteiger partial charge >= 0.3 is 5.69 Å². The predicted molar refractivity (Wildman–Crippen MR) is 72.3 cm³/mol. The summed E-state index contributed by atoms with van der Waals surface area (Å²) in [6, 6.07) is 2.30. The Kier molecular flexibility index (Phi) is 4.82. The van der Waals surface area contributed by atoms with Crippen LogP contribution in [-0.2, 0) is 10.0 Å². The molecule has 0 bridgehead atoms. The molecule has 0 fully saturated rings. The normalized spacial score (nSPS) is 13.8. The Hall–Kier alpha value is -1.54. The van der Waals surface area contributed by atoms with Gasteiger partial charge in [0.05, 0.1) is 9.82 Å². The van der Waals surface area contributed by atoms with Crippen molar-refractivity contribution in [2.45, 2.75) is 31.7 Å². The third-order valence-corrected chi connectivity index (χ3v) is 5.27. The summed E-state index contributed by atoms with van der Waals surface area (Å²) in [7, 11) is -2.48. The van der Waals surface area contributed by atoms with E-state index in [1.807, 2.05) is 13.8 Å². The molecule has 0 aliphatic rings. The number of halogens is 1. The fourth-order valence-corrected chi connectivity index (χ4v) is 3.11. The van der Waals surface area contributed by atoms with Gasteiger partial charge < -0.3 is 0 Å². The van der Waals surface area contributed by atoms with E-state index in [0.29, 0.717) is 6.07 Å². The van der Waals surface area contributed by atoms with Crippen LogP contribution < -0.4 is 0 Å². The maximum Gasteiger partial charge on any atom is 0.304 e. The van der Waals surface area contributed by atoms with Crippen LogP contribution in [0.2, 0.25) is 0 Å². The van der Waals surface area contributed by atoms with E-state index in [0.717, 1.165) is 16.4 Å². The Morgan fingerprint density at radius 1 is 1.30 bits per heavy atom. The van der Waals surface area contributed by atoms with Gasteiger partial charge in [-0.15, -0.1) is 0 Å². The minimum Gasteiger partial charge on any atom is -0.258 e. The van der Waals surface area contributed by atoms with Gasteiger partial charge in [0.15, 0.2) is 0 Å². The Morgan fingerprint density at radius 2 is 1.85 bits per heavy atom. The topological polar surface area (TPSA) is 80.5 Å². The molecule has 112 valence electrons. The van der Waals surface area contributed by atoms with Crippen LogP contribution in [0.3, 0.4) is 0 Å². The maximum atomic E-state index is 13.5. The molecule has 1 aromatic carbocycles. The zero-order chi connectivity index (χ0) is 15.7. The molecule has 0 saturated heterocycles. The van der Waals surface area contributed by atoms with E-state index < -0.39 is 26.5 Å². The molecule has 0 aliphatic carbocycles. The maximum absolute atomic E-state index is 13.5. The summed E-state index contributed by atoms with van der Waals surface area (Å²) in [5.41, 5.74) is -0.747. The Bertz CT molecular complexity index is 616. The molecular weight excluding hydrogens is 287 g/mol. The van der Waals surface area contributed by atoms with Crippen molar-refractivity contribution in [2.75, 3.05) is 7.05 Å². The lowest BCUT2D eigenvalue weighted by molar-refractivity contribution is -0.387. The minimum atomic E-state index is -3.88. The molecule has 1 unspecified atom stereocenters. The van der Waals surface area contributed by atoms with Gasteiger partial charge in [0, 0.05) is 25.2 Å². The summed E-state index contributed by atoms with van der Waals surface area (Å²) in [5.74, 6) is -1.08. The van der Waals surface area contributed by atoms with Crippen LogP contribution >= 0.6 is 0 Å². The van der Waals surface area contributed by atoms with Crippen LogP contribution in [0.15, 0.2) is 23.1 Å². The highest BCUT2D eigenvalue weighted by atomic mass is 32.2. The van der Waals surface area contributed by atoms with Crippen LogP contribution in [0.1, 0.15) is 20.8 Å². The average Bonchev–Trinajstić information content (AvgIpc) is 2.36. The highest BCUT2D eigenvalue weighted by Gasteiger charge is 2.28. The third kappa shape index (κ3) is 3.13. The minimum absolute atomic E-state index is 0.0812. The van der Waals surface area contributed by atoms with E-state index in [2.05, 4.69) is 0 Å². The van der Waals surface area contributed by atoms with Crippen molar-refractivity contribution >= 4 is 15.7 Å². The van der Waals surface area contributed by atoms with Crippen LogP contribution in [-0.4, -0.2) is 30.7 Å². The van der Waals surface area contributed by atoms with Gasteiger partial charge in [-0.2, -0.15) is 8.70 Å². The molecule has 20 heavy (non-hydrogen) atoms. The average molecular weight is 304 g/mol. The fourth-order valence-electron chi connectivity index (χ4n) is 1.60. The van der Waals surface area contributed by atoms with Gasteiger partial charge in [-0.25, -0.2) is 8.42 Å². The Labute approximate surface area is 117 Å². The van der Waals surface area contributed by atoms with Gasteiger partial charge in [-0.1, -0.05) is 13.8 Å². The number of nitrogens with zero attached hydrogens (tertiary/aromatic N) is 2. The molecule has 1 rings (SSSR count). The monoisotopic (exact) mass is 304 g/mol. The van der Waals surface area contributed by atoms with Crippen molar-refractivity contribution in [3.05, 3.63) is 34.1 Å². The van der Waals surface area contributed by atoms with E-state index in [4.69, 9.17) is 0 Å². The lowest BCUT2D eigenvalue weighted by Gasteiger charge is -2.27. The predicted octanol–water partition coefficient (Wildman–Crippen LogP) is 2.40. The molecule has 1 aromatic rings. The number of hydrogen-bond acceptors (Lipinski definition) is 4. The summed E-state index contributed by atoms with van der Waals surface area (Å²) in [6.07, 6.45) is 0. The number of hydrogen-bond donors (Lipinski definition) is 0. The van der Waals surface area contributed by atoms with Crippen molar-refractivity contribution in [3.8, 4) is 0 Å². The second-order valence-corrected chi connectivity index (χ2v) is 6.87. The van der Waals surface area contributed by atoms with E-state index in [9.17, 15) is 22.9 Å². The van der Waals surface area contributed by atoms with Gasteiger partial charge in [-0.3, -0.25) is 10.1 Å². The molecule has 0 N–H and O–H groups in total. The first kappa shape index (κ1) is 16.5. The quantitative estimate of drug-likeness (QED) is 0.618. The molecule has 0 spiro atoms. The van der Waals surface area contributed by atoms with Gasteiger partial charge in [-0.05, 0) is 18.9 Å². The molecule has 8 heteroatoms. The van der Waals surface area contributed by atoms with E-state index in [1.54, 1.807) is 6.92 Å². The molecule has 0 saturated carbocycles. The SMILES string of the molecule is CC(C)C(C)N(C)S(=O)(=O)c1ccc([N+](=O)[O-])c(F)c1. The lowest BCUT2D eigenvalue weighted by Crippen LogP contribution is -2.38. The Balaban J connectivity index is 3.23. The molecule has 0 aromatic heterocycles. The van der Waals surface area contributed by atoms with Crippen molar-refractivity contribution in [3.63, 3.8) is 0 Å². The number of rotatable bonds is 5. The number of nitro groups is 1. The number of benzene rings is 1. The summed E-state index contributed by atoms with van der Waals surface area (Å²) in [5, 5.41) is 10.5. The number of nitro benzene ring substituents is 1. The molecule has 0 aliphatic heterocycles. The summed E-state index contributed by atoms with van der Waals surface area (Å²) in [4.78, 5) is 9.33. The summed E-state index contributed by atoms with van der Waals surface area (Å²) < 4.78 is 39.3. The van der Waals surface area contributed by atoms with Crippen LogP contribution in [0.25, 0.3) is 0 Å². The number of sulfonamides is 1. The van der Waals surface area contributed by atoms with Crippen molar-refractivity contribution in [1.82, 2.24) is 4.31 Å². The third-order valence-electron chi connectivity index (χ3n) is 3.33. The fraction of sp³-hybridized carbons (Fsp3) is 0.500. The Morgan fingerprint density at radius 3 is 2.25 bits per heavy atom. The van der Waals surface area contributed by atoms with E-state index >= 15 is 0 Å². The smallest absolute Gasteiger partial charge is 0.258 e. The first-order valence-corrected chi connectivity index (χ1v) is 7.45. The van der Waals surface area contributed by atoms with Gasteiger partial charge in [0.2, 0.25) is 15.8 Å². The zero-order valence-electron chi connectivity index (χ0n) is 11.7. The molecule has 0 heterocycles. The van der Waals surface area contributed by atoms with Gasteiger partial charge in [0.25, 0.3) is 0 Å². The zero-order valence-corrected chi connectivity index (χ0v) is 12.5. The second kappa shape index (κ2) is 5.84. The van der Waals surface area contributed by atoms with Crippen LogP contribution in [0, 0.1) is 21.8 Å². The van der Waals surface area contributed by atoms with E-state index in [-0.39, 0.29) is 16.9 Å². The van der Waals surface area contributed by atoms with Crippen molar-refractivity contribution in [1.29, 1.82) is 0 Å². The lowest BCUT2D eigenvalue weighted by atomic mass is 10.1. The standard InChI is InChI=1S/C12H17FN2O4S/c1-8(2)9(3)14(4)20(18,19)10-5-6-12(15(16)17)11(13)7-10/h5-9H,1-4H3. The molecule has 0 radical (unpaired) electrons. The van der Waals surface area contributed by atoms with Crippen molar-refractivity contribution < 1.29 is 17.7 Å². The van der Waals surface area contributed by atoms with E-state index in [1.165, 1.54) is 7.05 Å². The van der Waals surface area contributed by atoms with Crippen LogP contribution in [0.4, 0.5) is 10.1 Å². The summed E-state index contributed by atoms with van der Waals surface area (Å²) >= 11 is 0. The van der Waals surface area contributed by atoms with Crippen LogP contribution in [0.5, 0.6) is 0 Å². The van der Waals surface area contributed by atoms with Crippen molar-refractivity contribution in [2.24, 2.45) is 5.92 Å². The van der Waals surface area contributed by atoms with Gasteiger partial charge in [0.1, 0.15) is 0 Å². The highest BCUT2D eigenvalue weighted by molar-refractivity contribution is 7.89. The first-order chi connectivity index (χ1) is 9.09. The molecule has 0 amide bonds. The highest BCUT2D eigenvalue weighted by Crippen LogP contribution is 2.24. The second-order valence-electron chi connectivity index (χ2n) is 4.88. The summed E-state index contributed by atoms with van der Waals surface area (Å²) in [6.45, 7) is 5.48. The largest absolute Gasteiger partial charge is 0.304 e. The molecule has 6 nitrogen and oxygen atoms in total. The molecular formula is C12H17FN2O4S.